The van der Waals surface area contributed by atoms with Crippen molar-refractivity contribution in [2.75, 3.05) is 19.8 Å². The average Bonchev–Trinajstić information content (AvgIpc) is 2.50. The van der Waals surface area contributed by atoms with Crippen LogP contribution in [0.25, 0.3) is 0 Å². The Hall–Kier alpha value is -0.820. The summed E-state index contributed by atoms with van der Waals surface area (Å²) in [5, 5.41) is 8.25. The summed E-state index contributed by atoms with van der Waals surface area (Å²) in [5.41, 5.74) is 0. The van der Waals surface area contributed by atoms with Gasteiger partial charge in [0.2, 0.25) is 0 Å². The Morgan fingerprint density at radius 1 is 1.53 bits per heavy atom. The van der Waals surface area contributed by atoms with E-state index in [1.165, 1.54) is 0 Å². The maximum absolute atomic E-state index is 12.4. The van der Waals surface area contributed by atoms with E-state index in [0.717, 1.165) is 0 Å². The van der Waals surface area contributed by atoms with Crippen LogP contribution in [0.2, 0.25) is 0 Å². The van der Waals surface area contributed by atoms with E-state index in [2.05, 4.69) is 4.74 Å². The van der Waals surface area contributed by atoms with Crippen molar-refractivity contribution in [3.63, 3.8) is 0 Å². The number of nitrogens with zero attached hydrogens (tertiary/aromatic N) is 1. The lowest BCUT2D eigenvalue weighted by Crippen LogP contribution is -2.43. The molecule has 1 saturated heterocycles. The first-order valence-electron chi connectivity index (χ1n) is 4.54. The zero-order valence-corrected chi connectivity index (χ0v) is 7.96. The van der Waals surface area contributed by atoms with E-state index in [4.69, 9.17) is 5.11 Å². The van der Waals surface area contributed by atoms with Crippen LogP contribution in [0.1, 0.15) is 12.8 Å². The molecule has 1 atom stereocenters. The van der Waals surface area contributed by atoms with Gasteiger partial charge in [-0.15, -0.1) is 0 Å². The van der Waals surface area contributed by atoms with E-state index < -0.39 is 24.9 Å². The highest BCUT2D eigenvalue weighted by atomic mass is 19.4. The van der Waals surface area contributed by atoms with Crippen LogP contribution in [0.15, 0.2) is 0 Å². The highest BCUT2D eigenvalue weighted by molar-refractivity contribution is 5.67. The summed E-state index contributed by atoms with van der Waals surface area (Å²) in [6, 6.07) is -0.746. The lowest BCUT2D eigenvalue weighted by molar-refractivity contribution is -0.253. The molecule has 1 aliphatic heterocycles. The number of carboxylic acid groups (broad SMARTS) is 1. The predicted octanol–water partition coefficient (Wildman–Crippen LogP) is 1.07. The van der Waals surface area contributed by atoms with Gasteiger partial charge >= 0.3 is 12.3 Å². The van der Waals surface area contributed by atoms with Crippen LogP contribution in [-0.4, -0.2) is 48.1 Å². The van der Waals surface area contributed by atoms with Gasteiger partial charge in [-0.05, 0) is 12.8 Å². The van der Waals surface area contributed by atoms with Crippen molar-refractivity contribution >= 4 is 5.97 Å². The van der Waals surface area contributed by atoms with Crippen LogP contribution < -0.4 is 0 Å². The molecule has 7 heteroatoms. The first-order valence-corrected chi connectivity index (χ1v) is 4.54. The summed E-state index contributed by atoms with van der Waals surface area (Å²) in [6.45, 7) is -0.779. The minimum absolute atomic E-state index is 0.0371. The highest BCUT2D eigenvalue weighted by Crippen LogP contribution is 2.30. The Labute approximate surface area is 84.6 Å². The molecule has 0 aliphatic carbocycles. The van der Waals surface area contributed by atoms with Gasteiger partial charge in [-0.3, -0.25) is 0 Å². The SMILES string of the molecule is O=C(O)COC[C@H]1CCCN1C(F)(F)F. The summed E-state index contributed by atoms with van der Waals surface area (Å²) in [7, 11) is 0. The van der Waals surface area contributed by atoms with Crippen molar-refractivity contribution in [1.29, 1.82) is 0 Å². The first-order chi connectivity index (χ1) is 6.91. The molecule has 4 nitrogen and oxygen atoms in total. The molecular formula is C8H12F3NO3. The van der Waals surface area contributed by atoms with Gasteiger partial charge in [-0.1, -0.05) is 0 Å². The molecule has 0 spiro atoms. The van der Waals surface area contributed by atoms with E-state index in [-0.39, 0.29) is 13.2 Å². The van der Waals surface area contributed by atoms with Crippen molar-refractivity contribution in [2.45, 2.75) is 25.2 Å². The van der Waals surface area contributed by atoms with E-state index in [1.54, 1.807) is 0 Å². The van der Waals surface area contributed by atoms with Gasteiger partial charge in [0.15, 0.2) is 0 Å². The standard InChI is InChI=1S/C8H12F3NO3/c9-8(10,11)12-3-1-2-6(12)4-15-5-7(13)14/h6H,1-5H2,(H,13,14)/t6-/m1/s1. The number of rotatable bonds is 4. The fourth-order valence-electron chi connectivity index (χ4n) is 1.63. The van der Waals surface area contributed by atoms with Gasteiger partial charge in [-0.2, -0.15) is 13.2 Å². The molecule has 0 aromatic rings. The van der Waals surface area contributed by atoms with Crippen LogP contribution >= 0.6 is 0 Å². The number of alkyl halides is 3. The fourth-order valence-corrected chi connectivity index (χ4v) is 1.63. The second-order valence-corrected chi connectivity index (χ2v) is 3.37. The zero-order valence-electron chi connectivity index (χ0n) is 7.96. The van der Waals surface area contributed by atoms with Crippen molar-refractivity contribution < 1.29 is 27.8 Å². The maximum atomic E-state index is 12.4. The molecule has 0 radical (unpaired) electrons. The normalized spacial score (nSPS) is 23.3. The fraction of sp³-hybridized carbons (Fsp3) is 0.875. The molecule has 15 heavy (non-hydrogen) atoms. The molecule has 1 rings (SSSR count). The van der Waals surface area contributed by atoms with E-state index in [1.807, 2.05) is 0 Å². The summed E-state index contributed by atoms with van der Waals surface area (Å²) < 4.78 is 41.7. The van der Waals surface area contributed by atoms with Crippen LogP contribution in [0.3, 0.4) is 0 Å². The molecule has 1 N–H and O–H groups in total. The number of carbonyl (C=O) groups is 1. The number of hydrogen-bond donors (Lipinski definition) is 1. The second kappa shape index (κ2) is 4.80. The molecule has 0 bridgehead atoms. The molecule has 88 valence electrons. The number of ether oxygens (including phenoxy) is 1. The van der Waals surface area contributed by atoms with Crippen LogP contribution in [0, 0.1) is 0 Å². The maximum Gasteiger partial charge on any atom is 0.460 e. The third kappa shape index (κ3) is 3.67. The Morgan fingerprint density at radius 3 is 2.73 bits per heavy atom. The molecule has 1 fully saturated rings. The quantitative estimate of drug-likeness (QED) is 0.730. The lowest BCUT2D eigenvalue weighted by atomic mass is 10.2. The number of aliphatic carboxylic acids is 1. The molecule has 0 aromatic carbocycles. The Morgan fingerprint density at radius 2 is 2.20 bits per heavy atom. The first kappa shape index (κ1) is 12.3. The molecule has 0 saturated carbocycles. The number of hydrogen-bond acceptors (Lipinski definition) is 3. The predicted molar refractivity (Wildman–Crippen MR) is 44.2 cm³/mol. The van der Waals surface area contributed by atoms with Crippen molar-refractivity contribution in [3.05, 3.63) is 0 Å². The van der Waals surface area contributed by atoms with E-state index >= 15 is 0 Å². The van der Waals surface area contributed by atoms with Gasteiger partial charge in [0.25, 0.3) is 0 Å². The smallest absolute Gasteiger partial charge is 0.460 e. The zero-order chi connectivity index (χ0) is 11.5. The van der Waals surface area contributed by atoms with Crippen LogP contribution in [0.4, 0.5) is 13.2 Å². The van der Waals surface area contributed by atoms with Gasteiger partial charge in [-0.25, -0.2) is 9.69 Å². The Bertz CT molecular complexity index is 232. The van der Waals surface area contributed by atoms with Gasteiger partial charge < -0.3 is 9.84 Å². The van der Waals surface area contributed by atoms with Gasteiger partial charge in [0.05, 0.1) is 6.61 Å². The third-order valence-corrected chi connectivity index (χ3v) is 2.24. The summed E-state index contributed by atoms with van der Waals surface area (Å²) in [4.78, 5) is 10.5. The number of carboxylic acids is 1. The minimum atomic E-state index is -4.35. The van der Waals surface area contributed by atoms with Crippen molar-refractivity contribution in [2.24, 2.45) is 0 Å². The van der Waals surface area contributed by atoms with Crippen molar-refractivity contribution in [3.8, 4) is 0 Å². The number of likely N-dealkylation sites (tertiary alicyclic amines) is 1. The average molecular weight is 227 g/mol. The summed E-state index contributed by atoms with van der Waals surface area (Å²) in [5.74, 6) is -1.17. The topological polar surface area (TPSA) is 49.8 Å². The van der Waals surface area contributed by atoms with Crippen LogP contribution in [-0.2, 0) is 9.53 Å². The van der Waals surface area contributed by atoms with E-state index in [9.17, 15) is 18.0 Å². The summed E-state index contributed by atoms with van der Waals surface area (Å²) >= 11 is 0. The highest BCUT2D eigenvalue weighted by Gasteiger charge is 2.44. The molecule has 0 unspecified atom stereocenters. The summed E-state index contributed by atoms with van der Waals surface area (Å²) in [6.07, 6.45) is -3.51. The van der Waals surface area contributed by atoms with Gasteiger partial charge in [0.1, 0.15) is 6.61 Å². The Kier molecular flexibility index (Phi) is 3.92. The number of halogens is 3. The third-order valence-electron chi connectivity index (χ3n) is 2.24. The van der Waals surface area contributed by atoms with Gasteiger partial charge in [0, 0.05) is 12.6 Å². The largest absolute Gasteiger partial charge is 0.480 e. The molecule has 1 aliphatic rings. The van der Waals surface area contributed by atoms with E-state index in [0.29, 0.717) is 17.7 Å². The lowest BCUT2D eigenvalue weighted by Gasteiger charge is -2.25. The monoisotopic (exact) mass is 227 g/mol. The molecule has 0 amide bonds. The Balaban J connectivity index is 2.37. The second-order valence-electron chi connectivity index (χ2n) is 3.37. The van der Waals surface area contributed by atoms with Crippen LogP contribution in [0.5, 0.6) is 0 Å². The van der Waals surface area contributed by atoms with Crippen molar-refractivity contribution in [1.82, 2.24) is 4.90 Å². The minimum Gasteiger partial charge on any atom is -0.480 e. The molecule has 0 aromatic heterocycles. The molecule has 1 heterocycles. The molecular weight excluding hydrogens is 215 g/mol.